The molecule has 0 bridgehead atoms. The first-order valence-electron chi connectivity index (χ1n) is 4.16. The molecule has 6 heteroatoms. The van der Waals surface area contributed by atoms with Crippen LogP contribution in [0.25, 0.3) is 0 Å². The van der Waals surface area contributed by atoms with Crippen molar-refractivity contribution in [1.82, 2.24) is 10.3 Å². The van der Waals surface area contributed by atoms with E-state index in [0.29, 0.717) is 6.54 Å². The lowest BCUT2D eigenvalue weighted by atomic mass is 10.3. The van der Waals surface area contributed by atoms with E-state index in [4.69, 9.17) is 4.74 Å². The Bertz CT molecular complexity index is 314. The zero-order valence-electron chi connectivity index (χ0n) is 7.60. The van der Waals surface area contributed by atoms with Crippen LogP contribution in [0.3, 0.4) is 0 Å². The van der Waals surface area contributed by atoms with Gasteiger partial charge in [0.05, 0.1) is 18.3 Å². The highest BCUT2D eigenvalue weighted by Crippen LogP contribution is 2.22. The molecule has 5 nitrogen and oxygen atoms in total. The van der Waals surface area contributed by atoms with E-state index in [2.05, 4.69) is 15.0 Å². The van der Waals surface area contributed by atoms with E-state index in [-0.39, 0.29) is 6.10 Å². The summed E-state index contributed by atoms with van der Waals surface area (Å²) in [6.07, 6.45) is -0.808. The summed E-state index contributed by atoms with van der Waals surface area (Å²) in [5, 5.41) is 4.82. The van der Waals surface area contributed by atoms with Crippen molar-refractivity contribution >= 4 is 17.3 Å². The molecule has 1 aliphatic rings. The Hall–Kier alpha value is -0.980. The number of aromatic nitrogens is 1. The minimum atomic E-state index is -0.660. The summed E-state index contributed by atoms with van der Waals surface area (Å²) in [5.41, 5.74) is 2.60. The molecule has 1 fully saturated rings. The second-order valence-corrected chi connectivity index (χ2v) is 3.57. The third-order valence-corrected chi connectivity index (χ3v) is 2.59. The van der Waals surface area contributed by atoms with Crippen LogP contribution in [0, 0.1) is 0 Å². The van der Waals surface area contributed by atoms with Crippen LogP contribution < -0.4 is 5.32 Å². The lowest BCUT2D eigenvalue weighted by Crippen LogP contribution is -2.32. The Balaban J connectivity index is 1.98. The molecule has 1 N–H and O–H groups in total. The molecule has 76 valence electrons. The number of carbonyl (C=O) groups excluding carboxylic acids is 1. The number of rotatable bonds is 2. The van der Waals surface area contributed by atoms with Gasteiger partial charge in [0, 0.05) is 11.9 Å². The van der Waals surface area contributed by atoms with Gasteiger partial charge in [0.2, 0.25) is 6.23 Å². The number of nitrogens with zero attached hydrogens (tertiary/aromatic N) is 1. The van der Waals surface area contributed by atoms with Crippen molar-refractivity contribution in [1.29, 1.82) is 0 Å². The van der Waals surface area contributed by atoms with Crippen molar-refractivity contribution in [2.45, 2.75) is 12.3 Å². The van der Waals surface area contributed by atoms with Crippen LogP contribution in [0.2, 0.25) is 0 Å². The van der Waals surface area contributed by atoms with E-state index in [9.17, 15) is 4.79 Å². The van der Waals surface area contributed by atoms with Gasteiger partial charge in [0.1, 0.15) is 6.10 Å². The highest BCUT2D eigenvalue weighted by molar-refractivity contribution is 7.07. The Kier molecular flexibility index (Phi) is 2.76. The first kappa shape index (κ1) is 9.57. The molecule has 14 heavy (non-hydrogen) atoms. The Morgan fingerprint density at radius 2 is 2.71 bits per heavy atom. The molecule has 0 amide bonds. The minimum Gasteiger partial charge on any atom is -0.466 e. The number of ether oxygens (including phenoxy) is 2. The highest BCUT2D eigenvalue weighted by Gasteiger charge is 2.32. The second-order valence-electron chi connectivity index (χ2n) is 2.85. The molecular formula is C8H10N2O3S. The van der Waals surface area contributed by atoms with Gasteiger partial charge in [-0.05, 0) is 0 Å². The molecular weight excluding hydrogens is 204 g/mol. The topological polar surface area (TPSA) is 60.5 Å². The molecule has 2 heterocycles. The molecule has 2 rings (SSSR count). The number of thiazole rings is 1. The summed E-state index contributed by atoms with van der Waals surface area (Å²) in [6.45, 7) is 0.587. The van der Waals surface area contributed by atoms with E-state index in [0.717, 1.165) is 5.69 Å². The summed E-state index contributed by atoms with van der Waals surface area (Å²) >= 11 is 1.51. The van der Waals surface area contributed by atoms with Crippen molar-refractivity contribution in [2.24, 2.45) is 0 Å². The van der Waals surface area contributed by atoms with Gasteiger partial charge < -0.3 is 9.47 Å². The number of hydrogen-bond donors (Lipinski definition) is 1. The third-order valence-electron chi connectivity index (χ3n) is 1.99. The summed E-state index contributed by atoms with van der Waals surface area (Å²) in [5.74, 6) is -0.400. The Morgan fingerprint density at radius 3 is 3.36 bits per heavy atom. The molecule has 1 saturated heterocycles. The SMILES string of the molecule is COC(=O)C1NCC(c2cscn2)O1. The first-order valence-corrected chi connectivity index (χ1v) is 5.10. The zero-order chi connectivity index (χ0) is 9.97. The van der Waals surface area contributed by atoms with Crippen molar-refractivity contribution in [3.8, 4) is 0 Å². The largest absolute Gasteiger partial charge is 0.466 e. The van der Waals surface area contributed by atoms with Gasteiger partial charge in [-0.1, -0.05) is 0 Å². The number of carbonyl (C=O) groups is 1. The zero-order valence-corrected chi connectivity index (χ0v) is 8.41. The summed E-state index contributed by atoms with van der Waals surface area (Å²) in [4.78, 5) is 15.2. The maximum atomic E-state index is 11.1. The second kappa shape index (κ2) is 4.04. The molecule has 0 aromatic carbocycles. The quantitative estimate of drug-likeness (QED) is 0.718. The van der Waals surface area contributed by atoms with Crippen LogP contribution in [0.15, 0.2) is 10.9 Å². The van der Waals surface area contributed by atoms with Crippen LogP contribution in [0.1, 0.15) is 11.8 Å². The fourth-order valence-electron chi connectivity index (χ4n) is 1.28. The number of esters is 1. The van der Waals surface area contributed by atoms with E-state index < -0.39 is 12.2 Å². The summed E-state index contributed by atoms with van der Waals surface area (Å²) in [7, 11) is 1.34. The molecule has 0 aliphatic carbocycles. The molecule has 0 spiro atoms. The van der Waals surface area contributed by atoms with Gasteiger partial charge in [0.25, 0.3) is 0 Å². The third kappa shape index (κ3) is 1.77. The number of methoxy groups -OCH3 is 1. The Labute approximate surface area is 85.0 Å². The normalized spacial score (nSPS) is 26.4. The van der Waals surface area contributed by atoms with Gasteiger partial charge >= 0.3 is 5.97 Å². The summed E-state index contributed by atoms with van der Waals surface area (Å²) < 4.78 is 9.97. The Morgan fingerprint density at radius 1 is 1.86 bits per heavy atom. The minimum absolute atomic E-state index is 0.148. The van der Waals surface area contributed by atoms with E-state index in [1.54, 1.807) is 5.51 Å². The molecule has 1 aromatic rings. The fraction of sp³-hybridized carbons (Fsp3) is 0.500. The molecule has 0 saturated carbocycles. The maximum absolute atomic E-state index is 11.1. The van der Waals surface area contributed by atoms with Crippen LogP contribution in [-0.2, 0) is 14.3 Å². The lowest BCUT2D eigenvalue weighted by Gasteiger charge is -2.08. The molecule has 2 unspecified atom stereocenters. The molecule has 1 aromatic heterocycles. The van der Waals surface area contributed by atoms with Crippen LogP contribution in [0.4, 0.5) is 0 Å². The smallest absolute Gasteiger partial charge is 0.350 e. The standard InChI is InChI=1S/C8H10N2O3S/c1-12-8(11)7-9-2-6(13-7)5-3-14-4-10-5/h3-4,6-7,9H,2H2,1H3. The molecule has 1 aliphatic heterocycles. The van der Waals surface area contributed by atoms with Gasteiger partial charge in [0.15, 0.2) is 0 Å². The highest BCUT2D eigenvalue weighted by atomic mass is 32.1. The number of hydrogen-bond acceptors (Lipinski definition) is 6. The van der Waals surface area contributed by atoms with Crippen LogP contribution in [0.5, 0.6) is 0 Å². The fourth-order valence-corrected chi connectivity index (χ4v) is 1.87. The predicted molar refractivity (Wildman–Crippen MR) is 49.7 cm³/mol. The average Bonchev–Trinajstić information content (AvgIpc) is 2.86. The molecule has 2 atom stereocenters. The monoisotopic (exact) mass is 214 g/mol. The van der Waals surface area contributed by atoms with E-state index >= 15 is 0 Å². The maximum Gasteiger partial charge on any atom is 0.350 e. The van der Waals surface area contributed by atoms with Crippen molar-refractivity contribution in [3.63, 3.8) is 0 Å². The van der Waals surface area contributed by atoms with Crippen molar-refractivity contribution < 1.29 is 14.3 Å². The van der Waals surface area contributed by atoms with E-state index in [1.807, 2.05) is 5.38 Å². The van der Waals surface area contributed by atoms with Crippen LogP contribution >= 0.6 is 11.3 Å². The average molecular weight is 214 g/mol. The van der Waals surface area contributed by atoms with Crippen LogP contribution in [-0.4, -0.2) is 30.8 Å². The van der Waals surface area contributed by atoms with Gasteiger partial charge in [-0.2, -0.15) is 0 Å². The molecule has 0 radical (unpaired) electrons. The van der Waals surface area contributed by atoms with Gasteiger partial charge in [-0.3, -0.25) is 5.32 Å². The summed E-state index contributed by atoms with van der Waals surface area (Å²) in [6, 6.07) is 0. The lowest BCUT2D eigenvalue weighted by molar-refractivity contribution is -0.154. The van der Waals surface area contributed by atoms with Gasteiger partial charge in [-0.25, -0.2) is 9.78 Å². The van der Waals surface area contributed by atoms with Crippen molar-refractivity contribution in [2.75, 3.05) is 13.7 Å². The van der Waals surface area contributed by atoms with Gasteiger partial charge in [-0.15, -0.1) is 11.3 Å². The van der Waals surface area contributed by atoms with E-state index in [1.165, 1.54) is 18.4 Å². The van der Waals surface area contributed by atoms with Crippen molar-refractivity contribution in [3.05, 3.63) is 16.6 Å². The number of nitrogens with one attached hydrogen (secondary N) is 1. The predicted octanol–water partition coefficient (Wildman–Crippen LogP) is 0.303. The first-order chi connectivity index (χ1) is 6.81.